The van der Waals surface area contributed by atoms with E-state index in [0.717, 1.165) is 5.56 Å². The molecule has 0 aliphatic rings. The third kappa shape index (κ3) is 8.21. The predicted molar refractivity (Wildman–Crippen MR) is 58.3 cm³/mol. The summed E-state index contributed by atoms with van der Waals surface area (Å²) in [6.45, 7) is 1.87. The van der Waals surface area contributed by atoms with Crippen molar-refractivity contribution >= 4 is 31.6 Å². The minimum absolute atomic E-state index is 0.677. The van der Waals surface area contributed by atoms with Gasteiger partial charge in [0, 0.05) is 15.7 Å². The van der Waals surface area contributed by atoms with Gasteiger partial charge in [0.25, 0.3) is 0 Å². The Morgan fingerprint density at radius 1 is 1.47 bits per heavy atom. The lowest BCUT2D eigenvalue weighted by Gasteiger charge is -1.94. The summed E-state index contributed by atoms with van der Waals surface area (Å²) in [7, 11) is -0.137. The average Bonchev–Trinajstić information content (AvgIpc) is 2.01. The zero-order valence-electron chi connectivity index (χ0n) is 7.61. The van der Waals surface area contributed by atoms with Crippen LogP contribution in [-0.2, 0) is 9.33 Å². The first-order valence-corrected chi connectivity index (χ1v) is 6.22. The van der Waals surface area contributed by atoms with E-state index in [9.17, 15) is 0 Å². The summed E-state index contributed by atoms with van der Waals surface area (Å²) in [6.07, 6.45) is 0. The molecule has 1 aromatic carbocycles. The van der Waals surface area contributed by atoms with Gasteiger partial charge in [0.2, 0.25) is 0 Å². The predicted octanol–water partition coefficient (Wildman–Crippen LogP) is 2.55. The molecule has 0 amide bonds. The Labute approximate surface area is 97.3 Å². The van der Waals surface area contributed by atoms with E-state index >= 15 is 0 Å². The third-order valence-corrected chi connectivity index (χ3v) is 1.54. The summed E-state index contributed by atoms with van der Waals surface area (Å²) in [4.78, 5) is 0. The zero-order valence-corrected chi connectivity index (χ0v) is 9.94. The smallest absolute Gasteiger partial charge is 0.273 e. The van der Waals surface area contributed by atoms with Gasteiger partial charge in [-0.15, -0.1) is 0 Å². The molecule has 0 aliphatic carbocycles. The van der Waals surface area contributed by atoms with Gasteiger partial charge in [-0.05, 0) is 30.7 Å². The van der Waals surface area contributed by atoms with Crippen LogP contribution in [0.15, 0.2) is 18.2 Å². The van der Waals surface area contributed by atoms with Crippen molar-refractivity contribution in [2.45, 2.75) is 6.92 Å². The van der Waals surface area contributed by atoms with Crippen LogP contribution < -0.4 is 0 Å². The molecule has 0 spiro atoms. The molecule has 0 radical (unpaired) electrons. The van der Waals surface area contributed by atoms with E-state index in [0.29, 0.717) is 10.6 Å². The first-order chi connectivity index (χ1) is 6.74. The van der Waals surface area contributed by atoms with E-state index in [4.69, 9.17) is 29.8 Å². The van der Waals surface area contributed by atoms with Crippen LogP contribution >= 0.6 is 22.3 Å². The summed E-state index contributed by atoms with van der Waals surface area (Å²) in [6, 6.07) is 7.28. The van der Waals surface area contributed by atoms with Gasteiger partial charge >= 0.3 is 9.33 Å². The molecule has 0 bridgehead atoms. The van der Waals surface area contributed by atoms with Gasteiger partial charge < -0.3 is 0 Å². The highest BCUT2D eigenvalue weighted by Crippen LogP contribution is 2.13. The Morgan fingerprint density at radius 2 is 1.93 bits per heavy atom. The molecule has 1 rings (SSSR count). The first-order valence-electron chi connectivity index (χ1n) is 3.57. The number of hydrogen-bond donors (Lipinski definition) is 1. The van der Waals surface area contributed by atoms with E-state index in [2.05, 4.69) is 16.8 Å². The maximum atomic E-state index is 8.95. The lowest BCUT2D eigenvalue weighted by Crippen LogP contribution is -1.79. The molecule has 4 nitrogen and oxygen atoms in total. The van der Waals surface area contributed by atoms with E-state index < -0.39 is 9.33 Å². The summed E-state index contributed by atoms with van der Waals surface area (Å²) in [5.74, 6) is 0. The minimum Gasteiger partial charge on any atom is -0.273 e. The topological polar surface area (TPSA) is 78.2 Å². The van der Waals surface area contributed by atoms with Crippen LogP contribution in [-0.4, -0.2) is 13.0 Å². The molecule has 82 valence electrons. The Bertz CT molecular complexity index is 471. The second kappa shape index (κ2) is 5.93. The van der Waals surface area contributed by atoms with Crippen LogP contribution in [0.2, 0.25) is 5.02 Å². The van der Waals surface area contributed by atoms with Gasteiger partial charge in [-0.25, -0.2) is 0 Å². The highest BCUT2D eigenvalue weighted by atomic mass is 35.7. The van der Waals surface area contributed by atoms with E-state index in [1.165, 1.54) is 0 Å². The van der Waals surface area contributed by atoms with Crippen LogP contribution in [0.4, 0.5) is 0 Å². The van der Waals surface area contributed by atoms with Crippen LogP contribution in [0.5, 0.6) is 0 Å². The molecule has 0 unspecified atom stereocenters. The van der Waals surface area contributed by atoms with Gasteiger partial charge in [-0.3, -0.25) is 4.55 Å². The number of rotatable bonds is 0. The van der Waals surface area contributed by atoms with Gasteiger partial charge in [-0.1, -0.05) is 11.6 Å². The largest absolute Gasteiger partial charge is 0.353 e. The molecule has 7 heteroatoms. The molecule has 15 heavy (non-hydrogen) atoms. The average molecular weight is 268 g/mol. The highest BCUT2D eigenvalue weighted by Gasteiger charge is 1.95. The van der Waals surface area contributed by atoms with Crippen molar-refractivity contribution < 1.29 is 13.0 Å². The zero-order chi connectivity index (χ0) is 12.1. The lowest BCUT2D eigenvalue weighted by molar-refractivity contribution is 0.501. The summed E-state index contributed by atoms with van der Waals surface area (Å²) >= 11 is 5.66. The fourth-order valence-electron chi connectivity index (χ4n) is 0.753. The number of benzene rings is 1. The summed E-state index contributed by atoms with van der Waals surface area (Å²) < 4.78 is 25.2. The van der Waals surface area contributed by atoms with Crippen molar-refractivity contribution in [3.05, 3.63) is 34.3 Å². The third-order valence-electron chi connectivity index (χ3n) is 1.31. The van der Waals surface area contributed by atoms with Gasteiger partial charge in [0.15, 0.2) is 0 Å². The number of halogens is 2. The van der Waals surface area contributed by atoms with Crippen molar-refractivity contribution in [2.75, 3.05) is 0 Å². The number of nitrogens with zero attached hydrogens (tertiary/aromatic N) is 1. The number of aryl methyl sites for hydroxylation is 1. The Kier molecular flexibility index (Phi) is 5.61. The second-order valence-electron chi connectivity index (χ2n) is 2.48. The van der Waals surface area contributed by atoms with Crippen molar-refractivity contribution in [1.82, 2.24) is 0 Å². The molecule has 0 aliphatic heterocycles. The molecular formula is C8H7Cl2NO3S. The quantitative estimate of drug-likeness (QED) is 0.579. The first kappa shape index (κ1) is 14.2. The van der Waals surface area contributed by atoms with Crippen LogP contribution in [0.3, 0.4) is 0 Å². The van der Waals surface area contributed by atoms with Gasteiger partial charge in [0.1, 0.15) is 0 Å². The van der Waals surface area contributed by atoms with Gasteiger partial charge in [-0.2, -0.15) is 13.7 Å². The van der Waals surface area contributed by atoms with E-state index in [1.54, 1.807) is 18.2 Å². The summed E-state index contributed by atoms with van der Waals surface area (Å²) in [5, 5.41) is 9.19. The fraction of sp³-hybridized carbons (Fsp3) is 0.125. The SMILES string of the molecule is Cc1cc(Cl)ccc1C#N.O=S(=O)(O)Cl. The Morgan fingerprint density at radius 3 is 2.27 bits per heavy atom. The molecule has 0 atom stereocenters. The van der Waals surface area contributed by atoms with Crippen LogP contribution in [0, 0.1) is 18.3 Å². The number of nitriles is 1. The molecule has 0 fully saturated rings. The monoisotopic (exact) mass is 267 g/mol. The molecular weight excluding hydrogens is 261 g/mol. The highest BCUT2D eigenvalue weighted by molar-refractivity contribution is 8.09. The van der Waals surface area contributed by atoms with Crippen LogP contribution in [0.1, 0.15) is 11.1 Å². The van der Waals surface area contributed by atoms with Crippen molar-refractivity contribution in [2.24, 2.45) is 0 Å². The Hall–Kier alpha value is -0.800. The maximum absolute atomic E-state index is 8.95. The number of hydrogen-bond acceptors (Lipinski definition) is 3. The molecule has 0 aromatic heterocycles. The van der Waals surface area contributed by atoms with E-state index in [1.807, 2.05) is 6.92 Å². The molecule has 1 aromatic rings. The normalized spacial score (nSPS) is 9.80. The Balaban J connectivity index is 0.000000336. The fourth-order valence-corrected chi connectivity index (χ4v) is 0.979. The summed E-state index contributed by atoms with van der Waals surface area (Å²) in [5.41, 5.74) is 1.61. The minimum atomic E-state index is -4.19. The van der Waals surface area contributed by atoms with Crippen molar-refractivity contribution in [3.8, 4) is 6.07 Å². The molecule has 0 heterocycles. The molecule has 0 saturated heterocycles. The standard InChI is InChI=1S/C8H6ClN.ClHO3S/c1-6-4-8(9)3-2-7(6)5-10;1-5(2,3)4/h2-4H,1H3;(H,2,3,4). The molecule has 0 saturated carbocycles. The van der Waals surface area contributed by atoms with Crippen LogP contribution in [0.25, 0.3) is 0 Å². The maximum Gasteiger partial charge on any atom is 0.353 e. The van der Waals surface area contributed by atoms with Gasteiger partial charge in [0.05, 0.1) is 11.6 Å². The van der Waals surface area contributed by atoms with Crippen molar-refractivity contribution in [3.63, 3.8) is 0 Å². The molecule has 1 N–H and O–H groups in total. The lowest BCUT2D eigenvalue weighted by atomic mass is 10.1. The second-order valence-corrected chi connectivity index (χ2v) is 4.91. The van der Waals surface area contributed by atoms with Crippen molar-refractivity contribution in [1.29, 1.82) is 5.26 Å². The van der Waals surface area contributed by atoms with E-state index in [-0.39, 0.29) is 0 Å².